The van der Waals surface area contributed by atoms with Crippen LogP contribution in [0.3, 0.4) is 0 Å². The Hall–Kier alpha value is -0.540. The van der Waals surface area contributed by atoms with Crippen molar-refractivity contribution < 1.29 is 5.11 Å². The lowest BCUT2D eigenvalue weighted by Gasteiger charge is -2.15. The average Bonchev–Trinajstić information content (AvgIpc) is 2.55. The zero-order chi connectivity index (χ0) is 12.3. The Bertz CT molecular complexity index is 404. The number of nitrogens with two attached hydrogens (primary N) is 1. The fraction of sp³-hybridized carbons (Fsp3) is 0.571. The quantitative estimate of drug-likeness (QED) is 0.841. The van der Waals surface area contributed by atoms with Gasteiger partial charge in [-0.05, 0) is 83.8 Å². The van der Waals surface area contributed by atoms with E-state index in [2.05, 4.69) is 22.0 Å². The van der Waals surface area contributed by atoms with Gasteiger partial charge in [0, 0.05) is 0 Å². The Morgan fingerprint density at radius 2 is 2.00 bits per heavy atom. The number of rotatable bonds is 3. The molecular weight excluding hydrogens is 278 g/mol. The lowest BCUT2D eigenvalue weighted by atomic mass is 9.93. The van der Waals surface area contributed by atoms with E-state index in [1.54, 1.807) is 0 Å². The number of phenols is 1. The summed E-state index contributed by atoms with van der Waals surface area (Å²) in [4.78, 5) is 0. The van der Waals surface area contributed by atoms with Crippen LogP contribution >= 0.6 is 15.9 Å². The smallest absolute Gasteiger partial charge is 0.133 e. The lowest BCUT2D eigenvalue weighted by molar-refractivity contribution is 0.462. The molecule has 0 spiro atoms. The third-order valence-corrected chi connectivity index (χ3v) is 4.17. The normalized spacial score (nSPS) is 15.4. The second-order valence-electron chi connectivity index (χ2n) is 4.78. The van der Waals surface area contributed by atoms with Crippen molar-refractivity contribution >= 4 is 15.9 Å². The van der Waals surface area contributed by atoms with Crippen molar-refractivity contribution in [3.05, 3.63) is 27.2 Å². The standard InChI is InChI=1S/C14H20BrNO/c15-13-9-10-5-2-1-3-6-11(10)12(14(13)17)7-4-8-16/h9,17H,1-8,16H2. The van der Waals surface area contributed by atoms with E-state index < -0.39 is 0 Å². The molecule has 0 atom stereocenters. The van der Waals surface area contributed by atoms with Crippen molar-refractivity contribution in [2.45, 2.75) is 44.9 Å². The largest absolute Gasteiger partial charge is 0.506 e. The van der Waals surface area contributed by atoms with Gasteiger partial charge in [0.05, 0.1) is 4.47 Å². The zero-order valence-corrected chi connectivity index (χ0v) is 11.7. The molecule has 0 heterocycles. The molecule has 0 fully saturated rings. The van der Waals surface area contributed by atoms with E-state index in [1.807, 2.05) is 0 Å². The highest BCUT2D eigenvalue weighted by atomic mass is 79.9. The first-order valence-corrected chi connectivity index (χ1v) is 7.25. The second-order valence-corrected chi connectivity index (χ2v) is 5.63. The van der Waals surface area contributed by atoms with Crippen molar-refractivity contribution in [3.63, 3.8) is 0 Å². The Morgan fingerprint density at radius 1 is 1.24 bits per heavy atom. The fourth-order valence-electron chi connectivity index (χ4n) is 2.67. The van der Waals surface area contributed by atoms with Crippen LogP contribution in [0.1, 0.15) is 42.4 Å². The molecule has 0 radical (unpaired) electrons. The summed E-state index contributed by atoms with van der Waals surface area (Å²) in [6, 6.07) is 2.10. The number of aromatic hydroxyl groups is 1. The van der Waals surface area contributed by atoms with Crippen molar-refractivity contribution in [1.82, 2.24) is 0 Å². The first-order valence-electron chi connectivity index (χ1n) is 6.46. The molecule has 2 nitrogen and oxygen atoms in total. The molecule has 0 bridgehead atoms. The summed E-state index contributed by atoms with van der Waals surface area (Å²) >= 11 is 3.46. The van der Waals surface area contributed by atoms with Crippen molar-refractivity contribution in [2.75, 3.05) is 6.54 Å². The predicted molar refractivity (Wildman–Crippen MR) is 74.4 cm³/mol. The van der Waals surface area contributed by atoms with Gasteiger partial charge in [-0.3, -0.25) is 0 Å². The van der Waals surface area contributed by atoms with Crippen LogP contribution in [0.15, 0.2) is 10.5 Å². The predicted octanol–water partition coefficient (Wildman–Crippen LogP) is 3.31. The molecule has 3 N–H and O–H groups in total. The van der Waals surface area contributed by atoms with Crippen LogP contribution in [-0.4, -0.2) is 11.7 Å². The first kappa shape index (κ1) is 12.9. The summed E-state index contributed by atoms with van der Waals surface area (Å²) in [5.74, 6) is 0.430. The molecule has 94 valence electrons. The summed E-state index contributed by atoms with van der Waals surface area (Å²) in [6.07, 6.45) is 7.88. The van der Waals surface area contributed by atoms with Crippen LogP contribution in [0.5, 0.6) is 5.75 Å². The van der Waals surface area contributed by atoms with E-state index in [1.165, 1.54) is 30.4 Å². The number of hydrogen-bond acceptors (Lipinski definition) is 2. The van der Waals surface area contributed by atoms with Gasteiger partial charge >= 0.3 is 0 Å². The second kappa shape index (κ2) is 5.87. The first-order chi connectivity index (χ1) is 8.24. The number of phenolic OH excluding ortho intramolecular Hbond substituents is 1. The van der Waals surface area contributed by atoms with Gasteiger partial charge in [0.15, 0.2) is 0 Å². The van der Waals surface area contributed by atoms with E-state index in [0.717, 1.165) is 35.7 Å². The summed E-state index contributed by atoms with van der Waals surface area (Å²) in [5, 5.41) is 10.2. The van der Waals surface area contributed by atoms with Gasteiger partial charge in [-0.25, -0.2) is 0 Å². The van der Waals surface area contributed by atoms with Crippen molar-refractivity contribution in [2.24, 2.45) is 5.73 Å². The minimum atomic E-state index is 0.430. The van der Waals surface area contributed by atoms with Gasteiger partial charge in [-0.15, -0.1) is 0 Å². The van der Waals surface area contributed by atoms with Crippen LogP contribution in [0.25, 0.3) is 0 Å². The average molecular weight is 298 g/mol. The maximum atomic E-state index is 10.2. The van der Waals surface area contributed by atoms with Gasteiger partial charge in [0.25, 0.3) is 0 Å². The third kappa shape index (κ3) is 2.83. The van der Waals surface area contributed by atoms with E-state index in [4.69, 9.17) is 5.73 Å². The number of hydrogen-bond donors (Lipinski definition) is 2. The van der Waals surface area contributed by atoms with E-state index in [9.17, 15) is 5.11 Å². The molecule has 0 saturated heterocycles. The molecular formula is C14H20BrNO. The molecule has 1 aliphatic rings. The summed E-state index contributed by atoms with van der Waals surface area (Å²) < 4.78 is 0.838. The van der Waals surface area contributed by atoms with E-state index >= 15 is 0 Å². The maximum absolute atomic E-state index is 10.2. The maximum Gasteiger partial charge on any atom is 0.133 e. The lowest BCUT2D eigenvalue weighted by Crippen LogP contribution is -2.05. The molecule has 0 saturated carbocycles. The Morgan fingerprint density at radius 3 is 2.76 bits per heavy atom. The summed E-state index contributed by atoms with van der Waals surface area (Å²) in [5.41, 5.74) is 9.51. The van der Waals surface area contributed by atoms with E-state index in [-0.39, 0.29) is 0 Å². The molecule has 17 heavy (non-hydrogen) atoms. The topological polar surface area (TPSA) is 46.2 Å². The molecule has 0 aromatic heterocycles. The van der Waals surface area contributed by atoms with Gasteiger partial charge < -0.3 is 10.8 Å². The number of aryl methyl sites for hydroxylation is 1. The highest BCUT2D eigenvalue weighted by Crippen LogP contribution is 2.36. The molecule has 2 rings (SSSR count). The minimum absolute atomic E-state index is 0.430. The monoisotopic (exact) mass is 297 g/mol. The number of fused-ring (bicyclic) bond motifs is 1. The van der Waals surface area contributed by atoms with Crippen molar-refractivity contribution in [3.8, 4) is 5.75 Å². The molecule has 0 amide bonds. The Kier molecular flexibility index (Phi) is 4.46. The van der Waals surface area contributed by atoms with Crippen LogP contribution in [-0.2, 0) is 19.3 Å². The highest BCUT2D eigenvalue weighted by Gasteiger charge is 2.17. The SMILES string of the molecule is NCCCc1c(O)c(Br)cc2c1CCCCC2. The molecule has 1 aliphatic carbocycles. The summed E-state index contributed by atoms with van der Waals surface area (Å²) in [7, 11) is 0. The van der Waals surface area contributed by atoms with Crippen LogP contribution in [0.2, 0.25) is 0 Å². The van der Waals surface area contributed by atoms with Gasteiger partial charge in [0.2, 0.25) is 0 Å². The van der Waals surface area contributed by atoms with Crippen LogP contribution < -0.4 is 5.73 Å². The Balaban J connectivity index is 2.42. The molecule has 1 aromatic rings. The van der Waals surface area contributed by atoms with Gasteiger partial charge in [-0.2, -0.15) is 0 Å². The molecule has 1 aromatic carbocycles. The highest BCUT2D eigenvalue weighted by molar-refractivity contribution is 9.10. The molecule has 0 unspecified atom stereocenters. The summed E-state index contributed by atoms with van der Waals surface area (Å²) in [6.45, 7) is 0.681. The van der Waals surface area contributed by atoms with E-state index in [0.29, 0.717) is 12.3 Å². The van der Waals surface area contributed by atoms with Crippen LogP contribution in [0.4, 0.5) is 0 Å². The molecule has 3 heteroatoms. The fourth-order valence-corrected chi connectivity index (χ4v) is 3.18. The third-order valence-electron chi connectivity index (χ3n) is 3.57. The molecule has 0 aliphatic heterocycles. The minimum Gasteiger partial charge on any atom is -0.506 e. The Labute approximate surface area is 111 Å². The van der Waals surface area contributed by atoms with Crippen LogP contribution in [0, 0.1) is 0 Å². The number of halogens is 1. The van der Waals surface area contributed by atoms with Crippen molar-refractivity contribution in [1.29, 1.82) is 0 Å². The zero-order valence-electron chi connectivity index (χ0n) is 10.1. The van der Waals surface area contributed by atoms with Gasteiger partial charge in [-0.1, -0.05) is 6.42 Å². The number of benzene rings is 1. The van der Waals surface area contributed by atoms with Gasteiger partial charge in [0.1, 0.15) is 5.75 Å².